The normalized spacial score (nSPS) is 17.9. The van der Waals surface area contributed by atoms with Gasteiger partial charge < -0.3 is 20.5 Å². The van der Waals surface area contributed by atoms with Crippen molar-refractivity contribution in [3.8, 4) is 5.75 Å². The highest BCUT2D eigenvalue weighted by molar-refractivity contribution is 5.79. The van der Waals surface area contributed by atoms with Crippen LogP contribution in [0.3, 0.4) is 0 Å². The summed E-state index contributed by atoms with van der Waals surface area (Å²) < 4.78 is 10.1. The first-order valence-electron chi connectivity index (χ1n) is 6.55. The fourth-order valence-electron chi connectivity index (χ4n) is 2.09. The first kappa shape index (κ1) is 14.2. The number of ether oxygens (including phenoxy) is 2. The van der Waals surface area contributed by atoms with Gasteiger partial charge in [0.1, 0.15) is 5.75 Å². The van der Waals surface area contributed by atoms with Crippen LogP contribution >= 0.6 is 0 Å². The molecule has 6 nitrogen and oxygen atoms in total. The Morgan fingerprint density at radius 3 is 3.15 bits per heavy atom. The SMILES string of the molecule is COC(=O)CCN=C(N)NC1CCOc2ccccc21. The molecule has 1 heterocycles. The van der Waals surface area contributed by atoms with E-state index in [1.54, 1.807) is 0 Å². The second kappa shape index (κ2) is 6.79. The maximum atomic E-state index is 11.0. The second-order valence-corrected chi connectivity index (χ2v) is 4.46. The van der Waals surface area contributed by atoms with Gasteiger partial charge in [-0.3, -0.25) is 9.79 Å². The molecule has 1 aromatic rings. The van der Waals surface area contributed by atoms with Crippen LogP contribution in [0, 0.1) is 0 Å². The molecule has 3 N–H and O–H groups in total. The average Bonchev–Trinajstić information content (AvgIpc) is 2.47. The fraction of sp³-hybridized carbons (Fsp3) is 0.429. The van der Waals surface area contributed by atoms with Crippen LogP contribution in [-0.4, -0.2) is 32.2 Å². The maximum absolute atomic E-state index is 11.0. The maximum Gasteiger partial charge on any atom is 0.307 e. The lowest BCUT2D eigenvalue weighted by Gasteiger charge is -2.26. The third kappa shape index (κ3) is 3.63. The summed E-state index contributed by atoms with van der Waals surface area (Å²) in [4.78, 5) is 15.1. The molecule has 1 atom stereocenters. The summed E-state index contributed by atoms with van der Waals surface area (Å²) in [7, 11) is 1.35. The number of rotatable bonds is 4. The van der Waals surface area contributed by atoms with Gasteiger partial charge in [0.2, 0.25) is 0 Å². The Bertz CT molecular complexity index is 502. The number of nitrogens with one attached hydrogen (secondary N) is 1. The number of carbonyl (C=O) groups excluding carboxylic acids is 1. The number of guanidine groups is 1. The van der Waals surface area contributed by atoms with Gasteiger partial charge in [-0.1, -0.05) is 18.2 Å². The molecule has 0 saturated heterocycles. The zero-order chi connectivity index (χ0) is 14.4. The molecule has 0 aromatic heterocycles. The van der Waals surface area contributed by atoms with Crippen LogP contribution < -0.4 is 15.8 Å². The highest BCUT2D eigenvalue weighted by atomic mass is 16.5. The molecule has 1 aliphatic heterocycles. The van der Waals surface area contributed by atoms with E-state index in [9.17, 15) is 4.79 Å². The van der Waals surface area contributed by atoms with Crippen molar-refractivity contribution in [3.05, 3.63) is 29.8 Å². The summed E-state index contributed by atoms with van der Waals surface area (Å²) in [5.74, 6) is 0.909. The highest BCUT2D eigenvalue weighted by Crippen LogP contribution is 2.31. The molecule has 6 heteroatoms. The van der Waals surface area contributed by atoms with E-state index in [4.69, 9.17) is 10.5 Å². The number of aliphatic imine (C=N–C) groups is 1. The van der Waals surface area contributed by atoms with Gasteiger partial charge in [0.25, 0.3) is 0 Å². The van der Waals surface area contributed by atoms with Crippen LogP contribution in [0.1, 0.15) is 24.4 Å². The van der Waals surface area contributed by atoms with Crippen LogP contribution in [0.4, 0.5) is 0 Å². The lowest BCUT2D eigenvalue weighted by Crippen LogP contribution is -2.37. The molecule has 1 aliphatic rings. The molecule has 0 radical (unpaired) electrons. The van der Waals surface area contributed by atoms with Crippen molar-refractivity contribution >= 4 is 11.9 Å². The smallest absolute Gasteiger partial charge is 0.307 e. The van der Waals surface area contributed by atoms with Gasteiger partial charge in [-0.25, -0.2) is 0 Å². The minimum atomic E-state index is -0.294. The number of esters is 1. The number of methoxy groups -OCH3 is 1. The first-order chi connectivity index (χ1) is 9.70. The minimum absolute atomic E-state index is 0.0850. The summed E-state index contributed by atoms with van der Waals surface area (Å²) >= 11 is 0. The Morgan fingerprint density at radius 1 is 1.55 bits per heavy atom. The Balaban J connectivity index is 1.93. The Hall–Kier alpha value is -2.24. The molecule has 108 valence electrons. The topological polar surface area (TPSA) is 85.9 Å². The van der Waals surface area contributed by atoms with E-state index in [0.29, 0.717) is 19.1 Å². The number of fused-ring (bicyclic) bond motifs is 1. The van der Waals surface area contributed by atoms with E-state index in [1.807, 2.05) is 24.3 Å². The summed E-state index contributed by atoms with van der Waals surface area (Å²) in [6.45, 7) is 0.959. The van der Waals surface area contributed by atoms with Gasteiger partial charge in [0.15, 0.2) is 5.96 Å². The Kier molecular flexibility index (Phi) is 4.81. The predicted octanol–water partition coefficient (Wildman–Crippen LogP) is 0.978. The monoisotopic (exact) mass is 277 g/mol. The molecule has 2 rings (SSSR count). The molecule has 0 amide bonds. The van der Waals surface area contributed by atoms with E-state index in [2.05, 4.69) is 15.0 Å². The molecule has 0 spiro atoms. The number of para-hydroxylation sites is 1. The third-order valence-corrected chi connectivity index (χ3v) is 3.11. The van der Waals surface area contributed by atoms with Crippen molar-refractivity contribution in [1.82, 2.24) is 5.32 Å². The number of carbonyl (C=O) groups is 1. The standard InChI is InChI=1S/C14H19N3O3/c1-19-13(18)6-8-16-14(15)17-11-7-9-20-12-5-3-2-4-10(11)12/h2-5,11H,6-9H2,1H3,(H3,15,16,17). The van der Waals surface area contributed by atoms with Crippen molar-refractivity contribution in [2.75, 3.05) is 20.3 Å². The predicted molar refractivity (Wildman–Crippen MR) is 75.6 cm³/mol. The number of nitrogens with two attached hydrogens (primary N) is 1. The zero-order valence-corrected chi connectivity index (χ0v) is 11.5. The number of hydrogen-bond donors (Lipinski definition) is 2. The van der Waals surface area contributed by atoms with E-state index >= 15 is 0 Å². The highest BCUT2D eigenvalue weighted by Gasteiger charge is 2.21. The summed E-state index contributed by atoms with van der Waals surface area (Å²) in [5.41, 5.74) is 6.91. The van der Waals surface area contributed by atoms with Crippen molar-refractivity contribution in [1.29, 1.82) is 0 Å². The summed E-state index contributed by atoms with van der Waals surface area (Å²) in [5, 5.41) is 3.16. The molecular weight excluding hydrogens is 258 g/mol. The Labute approximate surface area is 118 Å². The van der Waals surface area contributed by atoms with E-state index < -0.39 is 0 Å². The van der Waals surface area contributed by atoms with Crippen LogP contribution in [0.15, 0.2) is 29.3 Å². The van der Waals surface area contributed by atoms with Crippen LogP contribution in [0.5, 0.6) is 5.75 Å². The average molecular weight is 277 g/mol. The third-order valence-electron chi connectivity index (χ3n) is 3.11. The molecule has 1 aromatic carbocycles. The quantitative estimate of drug-likeness (QED) is 0.487. The van der Waals surface area contributed by atoms with E-state index in [1.165, 1.54) is 7.11 Å². The minimum Gasteiger partial charge on any atom is -0.493 e. The number of hydrogen-bond acceptors (Lipinski definition) is 4. The molecule has 0 bridgehead atoms. The molecular formula is C14H19N3O3. The van der Waals surface area contributed by atoms with Crippen LogP contribution in [0.2, 0.25) is 0 Å². The van der Waals surface area contributed by atoms with Gasteiger partial charge in [-0.2, -0.15) is 0 Å². The molecule has 1 unspecified atom stereocenters. The summed E-state index contributed by atoms with van der Waals surface area (Å²) in [6, 6.07) is 7.94. The van der Waals surface area contributed by atoms with Gasteiger partial charge in [0, 0.05) is 12.0 Å². The molecule has 0 aliphatic carbocycles. The van der Waals surface area contributed by atoms with Crippen molar-refractivity contribution in [2.45, 2.75) is 18.9 Å². The first-order valence-corrected chi connectivity index (χ1v) is 6.55. The number of nitrogens with zero attached hydrogens (tertiary/aromatic N) is 1. The van der Waals surface area contributed by atoms with Crippen molar-refractivity contribution < 1.29 is 14.3 Å². The van der Waals surface area contributed by atoms with Gasteiger partial charge in [0.05, 0.1) is 32.7 Å². The lowest BCUT2D eigenvalue weighted by molar-refractivity contribution is -0.140. The van der Waals surface area contributed by atoms with Gasteiger partial charge in [-0.05, 0) is 6.07 Å². The fourth-order valence-corrected chi connectivity index (χ4v) is 2.09. The van der Waals surface area contributed by atoms with Crippen LogP contribution in [-0.2, 0) is 9.53 Å². The zero-order valence-electron chi connectivity index (χ0n) is 11.5. The molecule has 0 saturated carbocycles. The number of benzene rings is 1. The van der Waals surface area contributed by atoms with Crippen molar-refractivity contribution in [2.24, 2.45) is 10.7 Å². The molecule has 0 fully saturated rings. The molecule has 20 heavy (non-hydrogen) atoms. The van der Waals surface area contributed by atoms with Gasteiger partial charge >= 0.3 is 5.97 Å². The van der Waals surface area contributed by atoms with E-state index in [0.717, 1.165) is 17.7 Å². The van der Waals surface area contributed by atoms with Gasteiger partial charge in [-0.15, -0.1) is 0 Å². The largest absolute Gasteiger partial charge is 0.493 e. The summed E-state index contributed by atoms with van der Waals surface area (Å²) in [6.07, 6.45) is 1.05. The van der Waals surface area contributed by atoms with Crippen molar-refractivity contribution in [3.63, 3.8) is 0 Å². The Morgan fingerprint density at radius 2 is 2.35 bits per heavy atom. The van der Waals surface area contributed by atoms with Crippen LogP contribution in [0.25, 0.3) is 0 Å². The second-order valence-electron chi connectivity index (χ2n) is 4.46. The lowest BCUT2D eigenvalue weighted by atomic mass is 10.0. The van der Waals surface area contributed by atoms with E-state index in [-0.39, 0.29) is 18.4 Å².